The number of amides is 1. The van der Waals surface area contributed by atoms with Crippen molar-refractivity contribution in [3.63, 3.8) is 0 Å². The van der Waals surface area contributed by atoms with E-state index in [1.165, 1.54) is 16.8 Å². The molecular weight excluding hydrogens is 387 g/mol. The molecule has 0 saturated carbocycles. The Morgan fingerprint density at radius 1 is 1.13 bits per heavy atom. The lowest BCUT2D eigenvalue weighted by atomic mass is 10.3. The van der Waals surface area contributed by atoms with Gasteiger partial charge in [0, 0.05) is 43.5 Å². The molecule has 0 aliphatic carbocycles. The summed E-state index contributed by atoms with van der Waals surface area (Å²) in [7, 11) is 0. The van der Waals surface area contributed by atoms with E-state index in [-0.39, 0.29) is 11.6 Å². The van der Waals surface area contributed by atoms with E-state index in [4.69, 9.17) is 0 Å². The number of rotatable bonds is 3. The van der Waals surface area contributed by atoms with Crippen LogP contribution in [0.2, 0.25) is 0 Å². The average Bonchev–Trinajstić information content (AvgIpc) is 3.48. The van der Waals surface area contributed by atoms with Gasteiger partial charge in [-0.05, 0) is 31.2 Å². The topological polar surface area (TPSA) is 93.6 Å². The van der Waals surface area contributed by atoms with E-state index in [9.17, 15) is 9.18 Å². The van der Waals surface area contributed by atoms with Crippen molar-refractivity contribution >= 4 is 23.1 Å². The van der Waals surface area contributed by atoms with Crippen LogP contribution in [0.5, 0.6) is 0 Å². The van der Waals surface area contributed by atoms with Crippen LogP contribution in [0.25, 0.3) is 11.3 Å². The van der Waals surface area contributed by atoms with E-state index in [0.717, 1.165) is 17.2 Å². The lowest BCUT2D eigenvalue weighted by molar-refractivity contribution is 0.0993. The van der Waals surface area contributed by atoms with E-state index < -0.39 is 5.91 Å². The molecule has 10 heteroatoms. The third-order valence-electron chi connectivity index (χ3n) is 4.93. The number of fused-ring (bicyclic) bond motifs is 1. The predicted octanol–water partition coefficient (Wildman–Crippen LogP) is 2.25. The Bertz CT molecular complexity index is 1270. The van der Waals surface area contributed by atoms with Gasteiger partial charge in [-0.15, -0.1) is 5.10 Å². The van der Waals surface area contributed by atoms with E-state index >= 15 is 0 Å². The minimum Gasteiger partial charge on any atom is -0.348 e. The highest BCUT2D eigenvalue weighted by Gasteiger charge is 2.24. The zero-order chi connectivity index (χ0) is 20.7. The summed E-state index contributed by atoms with van der Waals surface area (Å²) in [6, 6.07) is 5.82. The summed E-state index contributed by atoms with van der Waals surface area (Å²) in [4.78, 5) is 31.9. The molecule has 0 atom stereocenters. The molecule has 1 fully saturated rings. The van der Waals surface area contributed by atoms with Crippen LogP contribution in [0.4, 0.5) is 10.2 Å². The number of halogens is 1. The first-order chi connectivity index (χ1) is 14.6. The van der Waals surface area contributed by atoms with Crippen LogP contribution in [-0.2, 0) is 0 Å². The molecule has 0 unspecified atom stereocenters. The average molecular weight is 404 g/mol. The van der Waals surface area contributed by atoms with Gasteiger partial charge in [0.15, 0.2) is 11.5 Å². The van der Waals surface area contributed by atoms with Crippen LogP contribution >= 0.6 is 0 Å². The van der Waals surface area contributed by atoms with Gasteiger partial charge in [0.25, 0.3) is 0 Å². The summed E-state index contributed by atoms with van der Waals surface area (Å²) >= 11 is 0. The van der Waals surface area contributed by atoms with Crippen molar-refractivity contribution in [1.82, 2.24) is 29.1 Å². The molecular formula is C20H17FN8O. The van der Waals surface area contributed by atoms with Crippen molar-refractivity contribution in [3.8, 4) is 5.69 Å². The molecule has 0 bridgehead atoms. The Balaban J connectivity index is 1.36. The molecule has 0 radical (unpaired) electrons. The molecule has 5 rings (SSSR count). The van der Waals surface area contributed by atoms with Gasteiger partial charge in [0.2, 0.25) is 5.82 Å². The normalized spacial score (nSPS) is 15.4. The first-order valence-corrected chi connectivity index (χ1v) is 9.41. The molecule has 4 aromatic rings. The first-order valence-electron chi connectivity index (χ1n) is 9.41. The van der Waals surface area contributed by atoms with Crippen LogP contribution in [0.15, 0.2) is 54.0 Å². The summed E-state index contributed by atoms with van der Waals surface area (Å²) in [6.07, 6.45) is 7.79. The molecule has 4 heterocycles. The van der Waals surface area contributed by atoms with Gasteiger partial charge in [-0.25, -0.2) is 29.0 Å². The minimum absolute atomic E-state index is 0.0104. The fourth-order valence-electron chi connectivity index (χ4n) is 3.48. The molecule has 0 N–H and O–H groups in total. The smallest absolute Gasteiger partial charge is 0.316 e. The molecule has 150 valence electrons. The van der Waals surface area contributed by atoms with Gasteiger partial charge < -0.3 is 9.30 Å². The van der Waals surface area contributed by atoms with Crippen LogP contribution in [-0.4, -0.2) is 53.8 Å². The lowest BCUT2D eigenvalue weighted by Gasteiger charge is -2.15. The number of imidazole rings is 1. The Kier molecular flexibility index (Phi) is 4.31. The molecule has 0 spiro atoms. The van der Waals surface area contributed by atoms with Gasteiger partial charge in [-0.2, -0.15) is 0 Å². The SMILES string of the molecule is Cc1nc(C(=O)N=C2CCN(c3nccn4ccnc34)C2)nn1-c1ccc(F)cc1. The Morgan fingerprint density at radius 3 is 2.70 bits per heavy atom. The largest absolute Gasteiger partial charge is 0.348 e. The number of anilines is 1. The van der Waals surface area contributed by atoms with Crippen molar-refractivity contribution < 1.29 is 9.18 Å². The van der Waals surface area contributed by atoms with E-state index in [0.29, 0.717) is 31.0 Å². The van der Waals surface area contributed by atoms with Crippen molar-refractivity contribution in [2.24, 2.45) is 4.99 Å². The standard InChI is InChI=1S/C20H17FN8O/c1-13-24-17(26-29(13)16-4-2-14(21)3-5-16)20(30)25-15-6-9-28(12-15)19-18-22-7-10-27(18)11-8-23-19/h2-5,7-8,10-11H,6,9,12H2,1H3. The highest BCUT2D eigenvalue weighted by molar-refractivity contribution is 6.04. The highest BCUT2D eigenvalue weighted by Crippen LogP contribution is 2.21. The van der Waals surface area contributed by atoms with Gasteiger partial charge in [0.05, 0.1) is 12.2 Å². The second kappa shape index (κ2) is 7.14. The van der Waals surface area contributed by atoms with Crippen LogP contribution < -0.4 is 4.90 Å². The van der Waals surface area contributed by atoms with Crippen LogP contribution in [0.1, 0.15) is 22.9 Å². The number of hydrogen-bond acceptors (Lipinski definition) is 6. The summed E-state index contributed by atoms with van der Waals surface area (Å²) in [5.41, 5.74) is 2.13. The number of carbonyl (C=O) groups is 1. The Morgan fingerprint density at radius 2 is 1.90 bits per heavy atom. The molecule has 1 aliphatic heterocycles. The fourth-order valence-corrected chi connectivity index (χ4v) is 3.48. The van der Waals surface area contributed by atoms with Crippen LogP contribution in [0, 0.1) is 12.7 Å². The van der Waals surface area contributed by atoms with Gasteiger partial charge in [0.1, 0.15) is 11.6 Å². The second-order valence-electron chi connectivity index (χ2n) is 6.93. The third-order valence-corrected chi connectivity index (χ3v) is 4.93. The summed E-state index contributed by atoms with van der Waals surface area (Å²) in [6.45, 7) is 2.92. The van der Waals surface area contributed by atoms with Crippen molar-refractivity contribution in [3.05, 3.63) is 66.5 Å². The summed E-state index contributed by atoms with van der Waals surface area (Å²) in [5, 5.41) is 4.25. The molecule has 30 heavy (non-hydrogen) atoms. The number of hydrogen-bond donors (Lipinski definition) is 0. The zero-order valence-electron chi connectivity index (χ0n) is 16.1. The quantitative estimate of drug-likeness (QED) is 0.520. The van der Waals surface area contributed by atoms with Crippen molar-refractivity contribution in [2.75, 3.05) is 18.0 Å². The second-order valence-corrected chi connectivity index (χ2v) is 6.93. The number of aryl methyl sites for hydroxylation is 1. The number of aliphatic imine (C=N–C) groups is 1. The third kappa shape index (κ3) is 3.21. The maximum atomic E-state index is 13.2. The summed E-state index contributed by atoms with van der Waals surface area (Å²) < 4.78 is 16.6. The molecule has 1 saturated heterocycles. The Hall–Kier alpha value is -3.95. The van der Waals surface area contributed by atoms with Gasteiger partial charge in [-0.3, -0.25) is 4.79 Å². The zero-order valence-corrected chi connectivity index (χ0v) is 16.1. The van der Waals surface area contributed by atoms with E-state index in [2.05, 4.69) is 25.0 Å². The molecule has 3 aromatic heterocycles. The lowest BCUT2D eigenvalue weighted by Crippen LogP contribution is -2.22. The molecule has 1 aromatic carbocycles. The van der Waals surface area contributed by atoms with Gasteiger partial charge >= 0.3 is 5.91 Å². The van der Waals surface area contributed by atoms with Crippen LogP contribution in [0.3, 0.4) is 0 Å². The maximum absolute atomic E-state index is 13.2. The predicted molar refractivity (Wildman–Crippen MR) is 108 cm³/mol. The highest BCUT2D eigenvalue weighted by atomic mass is 19.1. The first kappa shape index (κ1) is 18.1. The van der Waals surface area contributed by atoms with Gasteiger partial charge in [-0.1, -0.05) is 0 Å². The van der Waals surface area contributed by atoms with E-state index in [1.54, 1.807) is 31.5 Å². The number of nitrogens with zero attached hydrogens (tertiary/aromatic N) is 8. The molecule has 1 amide bonds. The summed E-state index contributed by atoms with van der Waals surface area (Å²) in [5.74, 6) is 0.452. The van der Waals surface area contributed by atoms with E-state index in [1.807, 2.05) is 21.7 Å². The number of aromatic nitrogens is 6. The Labute approximate surface area is 170 Å². The monoisotopic (exact) mass is 404 g/mol. The number of benzene rings is 1. The maximum Gasteiger partial charge on any atom is 0.316 e. The number of carbonyl (C=O) groups excluding carboxylic acids is 1. The minimum atomic E-state index is -0.497. The molecule has 9 nitrogen and oxygen atoms in total. The molecule has 1 aliphatic rings. The van der Waals surface area contributed by atoms with Crippen molar-refractivity contribution in [2.45, 2.75) is 13.3 Å². The van der Waals surface area contributed by atoms with Crippen molar-refractivity contribution in [1.29, 1.82) is 0 Å². The fraction of sp³-hybridized carbons (Fsp3) is 0.200.